The number of benzene rings is 1. The number of rotatable bonds is 4. The SMILES string of the molecule is O=C(Nc1ccc(OC(F)F)cc1)c1cc(Cl)nnc1Cl. The number of hydrogen-bond acceptors (Lipinski definition) is 4. The molecule has 0 aliphatic heterocycles. The van der Waals surface area contributed by atoms with Gasteiger partial charge in [0.25, 0.3) is 5.91 Å². The van der Waals surface area contributed by atoms with Crippen molar-refractivity contribution >= 4 is 34.8 Å². The van der Waals surface area contributed by atoms with Gasteiger partial charge in [0, 0.05) is 5.69 Å². The van der Waals surface area contributed by atoms with Gasteiger partial charge in [0.15, 0.2) is 10.3 Å². The van der Waals surface area contributed by atoms with E-state index in [4.69, 9.17) is 23.2 Å². The molecule has 1 amide bonds. The summed E-state index contributed by atoms with van der Waals surface area (Å²) < 4.78 is 28.2. The lowest BCUT2D eigenvalue weighted by Crippen LogP contribution is -2.13. The molecule has 1 aromatic carbocycles. The first kappa shape index (κ1) is 15.4. The van der Waals surface area contributed by atoms with Gasteiger partial charge in [0.05, 0.1) is 5.56 Å². The van der Waals surface area contributed by atoms with Crippen molar-refractivity contribution in [2.24, 2.45) is 0 Å². The largest absolute Gasteiger partial charge is 0.435 e. The van der Waals surface area contributed by atoms with Crippen molar-refractivity contribution in [2.75, 3.05) is 5.32 Å². The Balaban J connectivity index is 2.10. The molecule has 1 heterocycles. The van der Waals surface area contributed by atoms with Gasteiger partial charge in [0.2, 0.25) is 0 Å². The van der Waals surface area contributed by atoms with Crippen LogP contribution < -0.4 is 10.1 Å². The van der Waals surface area contributed by atoms with Crippen LogP contribution >= 0.6 is 23.2 Å². The molecule has 0 spiro atoms. The zero-order chi connectivity index (χ0) is 15.4. The maximum Gasteiger partial charge on any atom is 0.387 e. The highest BCUT2D eigenvalue weighted by Gasteiger charge is 2.13. The quantitative estimate of drug-likeness (QED) is 0.927. The molecule has 110 valence electrons. The molecule has 0 bridgehead atoms. The molecule has 1 N–H and O–H groups in total. The number of alkyl halides is 2. The molecule has 21 heavy (non-hydrogen) atoms. The first-order valence-corrected chi connectivity index (χ1v) is 6.26. The Hall–Kier alpha value is -1.99. The smallest absolute Gasteiger partial charge is 0.387 e. The van der Waals surface area contributed by atoms with Crippen molar-refractivity contribution in [1.82, 2.24) is 10.2 Å². The van der Waals surface area contributed by atoms with Crippen LogP contribution in [0, 0.1) is 0 Å². The summed E-state index contributed by atoms with van der Waals surface area (Å²) in [5.74, 6) is -0.575. The fourth-order valence-electron chi connectivity index (χ4n) is 1.43. The van der Waals surface area contributed by atoms with Crippen molar-refractivity contribution in [3.63, 3.8) is 0 Å². The topological polar surface area (TPSA) is 64.1 Å². The number of aromatic nitrogens is 2. The third-order valence-corrected chi connectivity index (χ3v) is 2.76. The molecule has 9 heteroatoms. The minimum Gasteiger partial charge on any atom is -0.435 e. The van der Waals surface area contributed by atoms with Crippen LogP contribution in [0.2, 0.25) is 10.3 Å². The van der Waals surface area contributed by atoms with E-state index in [2.05, 4.69) is 20.3 Å². The minimum atomic E-state index is -2.91. The average molecular weight is 334 g/mol. The van der Waals surface area contributed by atoms with Crippen LogP contribution in [0.5, 0.6) is 5.75 Å². The number of carbonyl (C=O) groups is 1. The summed E-state index contributed by atoms with van der Waals surface area (Å²) in [6.45, 7) is -2.91. The Morgan fingerprint density at radius 1 is 1.19 bits per heavy atom. The van der Waals surface area contributed by atoms with Crippen molar-refractivity contribution < 1.29 is 18.3 Å². The number of amides is 1. The van der Waals surface area contributed by atoms with E-state index in [0.717, 1.165) is 0 Å². The molecule has 0 fully saturated rings. The molecule has 0 aliphatic carbocycles. The van der Waals surface area contributed by atoms with Gasteiger partial charge in [-0.2, -0.15) is 8.78 Å². The summed E-state index contributed by atoms with van der Waals surface area (Å²) in [5.41, 5.74) is 0.412. The maximum absolute atomic E-state index is 12.0. The third kappa shape index (κ3) is 4.24. The van der Waals surface area contributed by atoms with E-state index in [-0.39, 0.29) is 21.6 Å². The number of nitrogens with one attached hydrogen (secondary N) is 1. The van der Waals surface area contributed by atoms with Crippen LogP contribution in [-0.2, 0) is 0 Å². The van der Waals surface area contributed by atoms with Gasteiger partial charge in [-0.3, -0.25) is 4.79 Å². The molecule has 0 unspecified atom stereocenters. The molecule has 0 aliphatic rings. The second-order valence-corrected chi connectivity index (χ2v) is 4.47. The molecule has 5 nitrogen and oxygen atoms in total. The molecule has 0 saturated heterocycles. The highest BCUT2D eigenvalue weighted by molar-refractivity contribution is 6.34. The lowest BCUT2D eigenvalue weighted by atomic mass is 10.2. The zero-order valence-electron chi connectivity index (χ0n) is 10.2. The van der Waals surface area contributed by atoms with Gasteiger partial charge in [-0.15, -0.1) is 10.2 Å². The van der Waals surface area contributed by atoms with E-state index < -0.39 is 12.5 Å². The number of ether oxygens (including phenoxy) is 1. The molecular weight excluding hydrogens is 327 g/mol. The fraction of sp³-hybridized carbons (Fsp3) is 0.0833. The van der Waals surface area contributed by atoms with Gasteiger partial charge in [-0.25, -0.2) is 0 Å². The highest BCUT2D eigenvalue weighted by atomic mass is 35.5. The summed E-state index contributed by atoms with van der Waals surface area (Å²) in [7, 11) is 0. The number of carbonyl (C=O) groups excluding carboxylic acids is 1. The average Bonchev–Trinajstić information content (AvgIpc) is 2.43. The Bertz CT molecular complexity index is 653. The van der Waals surface area contributed by atoms with Crippen molar-refractivity contribution in [3.8, 4) is 5.75 Å². The van der Waals surface area contributed by atoms with E-state index in [1.165, 1.54) is 30.3 Å². The van der Waals surface area contributed by atoms with Crippen molar-refractivity contribution in [1.29, 1.82) is 0 Å². The molecule has 1 aromatic heterocycles. The second-order valence-electron chi connectivity index (χ2n) is 3.73. The third-order valence-electron chi connectivity index (χ3n) is 2.30. The van der Waals surface area contributed by atoms with E-state index in [1.807, 2.05) is 0 Å². The van der Waals surface area contributed by atoms with Crippen LogP contribution in [0.3, 0.4) is 0 Å². The molecule has 2 rings (SSSR count). The van der Waals surface area contributed by atoms with Gasteiger partial charge in [0.1, 0.15) is 5.75 Å². The van der Waals surface area contributed by atoms with Crippen molar-refractivity contribution in [2.45, 2.75) is 6.61 Å². The number of hydrogen-bond donors (Lipinski definition) is 1. The minimum absolute atomic E-state index is 0.0187. The maximum atomic E-state index is 12.0. The Morgan fingerprint density at radius 3 is 2.48 bits per heavy atom. The number of halogens is 4. The first-order chi connectivity index (χ1) is 9.95. The summed E-state index contributed by atoms with van der Waals surface area (Å²) in [6, 6.07) is 6.66. The van der Waals surface area contributed by atoms with Crippen LogP contribution in [0.1, 0.15) is 10.4 Å². The molecule has 0 atom stereocenters. The zero-order valence-corrected chi connectivity index (χ0v) is 11.7. The lowest BCUT2D eigenvalue weighted by Gasteiger charge is -2.08. The first-order valence-electron chi connectivity index (χ1n) is 5.50. The van der Waals surface area contributed by atoms with Crippen LogP contribution in [0.15, 0.2) is 30.3 Å². The Kier molecular flexibility index (Phi) is 4.87. The molecule has 2 aromatic rings. The van der Waals surface area contributed by atoms with E-state index in [1.54, 1.807) is 0 Å². The van der Waals surface area contributed by atoms with Gasteiger partial charge < -0.3 is 10.1 Å². The predicted molar refractivity (Wildman–Crippen MR) is 73.1 cm³/mol. The standard InChI is InChI=1S/C12H7Cl2F2N3O2/c13-9-5-8(10(14)19-18-9)11(20)17-6-1-3-7(4-2-6)21-12(15)16/h1-5,12H,(H,17,20). The fourth-order valence-corrected chi connectivity index (χ4v) is 1.76. The van der Waals surface area contributed by atoms with Crippen molar-refractivity contribution in [3.05, 3.63) is 46.2 Å². The van der Waals surface area contributed by atoms with Crippen LogP contribution in [-0.4, -0.2) is 22.7 Å². The molecule has 0 saturated carbocycles. The summed E-state index contributed by atoms with van der Waals surface area (Å²) in [5, 5.41) is 9.42. The van der Waals surface area contributed by atoms with Gasteiger partial charge >= 0.3 is 6.61 Å². The normalized spacial score (nSPS) is 10.5. The van der Waals surface area contributed by atoms with Gasteiger partial charge in [-0.05, 0) is 30.3 Å². The lowest BCUT2D eigenvalue weighted by molar-refractivity contribution is -0.0498. The van der Waals surface area contributed by atoms with E-state index in [9.17, 15) is 13.6 Å². The Morgan fingerprint density at radius 2 is 1.86 bits per heavy atom. The Labute approximate surface area is 127 Å². The number of nitrogens with zero attached hydrogens (tertiary/aromatic N) is 2. The highest BCUT2D eigenvalue weighted by Crippen LogP contribution is 2.20. The van der Waals surface area contributed by atoms with E-state index >= 15 is 0 Å². The summed E-state index contributed by atoms with van der Waals surface area (Å²) in [6.07, 6.45) is 0. The monoisotopic (exact) mass is 333 g/mol. The van der Waals surface area contributed by atoms with Crippen LogP contribution in [0.25, 0.3) is 0 Å². The van der Waals surface area contributed by atoms with E-state index in [0.29, 0.717) is 5.69 Å². The predicted octanol–water partition coefficient (Wildman–Crippen LogP) is 3.64. The number of anilines is 1. The molecule has 0 radical (unpaired) electrons. The second kappa shape index (κ2) is 6.64. The summed E-state index contributed by atoms with van der Waals surface area (Å²) >= 11 is 11.4. The molecular formula is C12H7Cl2F2N3O2. The summed E-state index contributed by atoms with van der Waals surface area (Å²) in [4.78, 5) is 12.0. The van der Waals surface area contributed by atoms with Crippen LogP contribution in [0.4, 0.5) is 14.5 Å². The van der Waals surface area contributed by atoms with Gasteiger partial charge in [-0.1, -0.05) is 23.2 Å².